The fourth-order valence-electron chi connectivity index (χ4n) is 2.03. The molecule has 4 nitrogen and oxygen atoms in total. The topological polar surface area (TPSA) is 50.7 Å². The van der Waals surface area contributed by atoms with E-state index in [9.17, 15) is 0 Å². The van der Waals surface area contributed by atoms with E-state index in [0.717, 1.165) is 28.1 Å². The third-order valence-corrected chi connectivity index (χ3v) is 3.94. The number of aryl methyl sites for hydroxylation is 1. The van der Waals surface area contributed by atoms with Gasteiger partial charge in [-0.05, 0) is 29.5 Å². The number of thiophene rings is 1. The monoisotopic (exact) mass is 270 g/mol. The summed E-state index contributed by atoms with van der Waals surface area (Å²) in [4.78, 5) is 13.0. The SMILES string of the molecule is CCc1cccnc1CNc1ncnc2ccsc12. The number of rotatable bonds is 4. The summed E-state index contributed by atoms with van der Waals surface area (Å²) >= 11 is 1.65. The standard InChI is InChI=1S/C14H14N4S/c1-2-10-4-3-6-15-12(10)8-16-14-13-11(5-7-19-13)17-9-18-14/h3-7,9H,2,8H2,1H3,(H,16,17,18). The zero-order valence-corrected chi connectivity index (χ0v) is 11.4. The molecule has 96 valence electrons. The maximum Gasteiger partial charge on any atom is 0.147 e. The molecule has 3 heterocycles. The molecule has 0 radical (unpaired) electrons. The molecule has 0 saturated heterocycles. The van der Waals surface area contributed by atoms with Crippen LogP contribution in [0.3, 0.4) is 0 Å². The molecule has 0 spiro atoms. The van der Waals surface area contributed by atoms with Crippen LogP contribution in [0.5, 0.6) is 0 Å². The normalized spacial score (nSPS) is 10.8. The van der Waals surface area contributed by atoms with Crippen LogP contribution in [0.25, 0.3) is 10.2 Å². The molecular weight excluding hydrogens is 256 g/mol. The van der Waals surface area contributed by atoms with E-state index in [1.807, 2.05) is 23.7 Å². The highest BCUT2D eigenvalue weighted by Gasteiger charge is 2.06. The average molecular weight is 270 g/mol. The van der Waals surface area contributed by atoms with Gasteiger partial charge in [-0.2, -0.15) is 0 Å². The molecular formula is C14H14N4S. The maximum atomic E-state index is 4.43. The van der Waals surface area contributed by atoms with Crippen molar-refractivity contribution >= 4 is 27.4 Å². The predicted octanol–water partition coefficient (Wildman–Crippen LogP) is 3.26. The molecule has 0 aromatic carbocycles. The number of hydrogen-bond donors (Lipinski definition) is 1. The van der Waals surface area contributed by atoms with Crippen molar-refractivity contribution in [3.63, 3.8) is 0 Å². The quantitative estimate of drug-likeness (QED) is 0.790. The van der Waals surface area contributed by atoms with Gasteiger partial charge in [-0.25, -0.2) is 9.97 Å². The number of pyridine rings is 1. The van der Waals surface area contributed by atoms with Crippen LogP contribution in [0.2, 0.25) is 0 Å². The van der Waals surface area contributed by atoms with E-state index in [-0.39, 0.29) is 0 Å². The van der Waals surface area contributed by atoms with Crippen LogP contribution in [0.15, 0.2) is 36.1 Å². The van der Waals surface area contributed by atoms with Crippen LogP contribution >= 0.6 is 11.3 Å². The Balaban J connectivity index is 1.84. The van der Waals surface area contributed by atoms with Gasteiger partial charge >= 0.3 is 0 Å². The zero-order valence-electron chi connectivity index (χ0n) is 10.6. The minimum atomic E-state index is 0.689. The van der Waals surface area contributed by atoms with E-state index in [1.165, 1.54) is 5.56 Å². The van der Waals surface area contributed by atoms with Gasteiger partial charge in [0.15, 0.2) is 0 Å². The van der Waals surface area contributed by atoms with Crippen molar-refractivity contribution in [1.29, 1.82) is 0 Å². The lowest BCUT2D eigenvalue weighted by atomic mass is 10.1. The summed E-state index contributed by atoms with van der Waals surface area (Å²) in [6.07, 6.45) is 4.41. The number of aromatic nitrogens is 3. The highest BCUT2D eigenvalue weighted by molar-refractivity contribution is 7.17. The molecule has 0 saturated carbocycles. The van der Waals surface area contributed by atoms with Crippen molar-refractivity contribution in [1.82, 2.24) is 15.0 Å². The summed E-state index contributed by atoms with van der Waals surface area (Å²) in [5.74, 6) is 0.882. The Morgan fingerprint density at radius 1 is 1.21 bits per heavy atom. The van der Waals surface area contributed by atoms with Crippen molar-refractivity contribution in [2.45, 2.75) is 19.9 Å². The Kier molecular flexibility index (Phi) is 3.37. The largest absolute Gasteiger partial charge is 0.363 e. The van der Waals surface area contributed by atoms with Crippen molar-refractivity contribution in [3.8, 4) is 0 Å². The molecule has 3 aromatic rings. The number of nitrogens with zero attached hydrogens (tertiary/aromatic N) is 3. The predicted molar refractivity (Wildman–Crippen MR) is 78.4 cm³/mol. The molecule has 0 aliphatic heterocycles. The molecule has 19 heavy (non-hydrogen) atoms. The second-order valence-electron chi connectivity index (χ2n) is 4.17. The summed E-state index contributed by atoms with van der Waals surface area (Å²) in [5, 5.41) is 5.39. The first-order valence-electron chi connectivity index (χ1n) is 6.23. The molecule has 0 aliphatic rings. The number of anilines is 1. The summed E-state index contributed by atoms with van der Waals surface area (Å²) in [6.45, 7) is 2.83. The fraction of sp³-hybridized carbons (Fsp3) is 0.214. The summed E-state index contributed by atoms with van der Waals surface area (Å²) < 4.78 is 1.09. The number of hydrogen-bond acceptors (Lipinski definition) is 5. The average Bonchev–Trinajstić information content (AvgIpc) is 2.94. The summed E-state index contributed by atoms with van der Waals surface area (Å²) in [7, 11) is 0. The lowest BCUT2D eigenvalue weighted by Gasteiger charge is -2.08. The van der Waals surface area contributed by atoms with E-state index >= 15 is 0 Å². The van der Waals surface area contributed by atoms with Crippen molar-refractivity contribution in [2.24, 2.45) is 0 Å². The van der Waals surface area contributed by atoms with Crippen LogP contribution < -0.4 is 5.32 Å². The van der Waals surface area contributed by atoms with Gasteiger partial charge in [-0.3, -0.25) is 4.98 Å². The highest BCUT2D eigenvalue weighted by Crippen LogP contribution is 2.25. The molecule has 0 amide bonds. The van der Waals surface area contributed by atoms with Gasteiger partial charge in [0, 0.05) is 6.20 Å². The van der Waals surface area contributed by atoms with Gasteiger partial charge in [-0.1, -0.05) is 13.0 Å². The van der Waals surface area contributed by atoms with Crippen LogP contribution in [0.1, 0.15) is 18.2 Å². The Morgan fingerprint density at radius 2 is 2.16 bits per heavy atom. The van der Waals surface area contributed by atoms with Gasteiger partial charge in [0.05, 0.1) is 22.5 Å². The van der Waals surface area contributed by atoms with E-state index in [1.54, 1.807) is 17.7 Å². The smallest absolute Gasteiger partial charge is 0.147 e. The van der Waals surface area contributed by atoms with Gasteiger partial charge in [0.2, 0.25) is 0 Å². The van der Waals surface area contributed by atoms with E-state index in [0.29, 0.717) is 6.54 Å². The number of nitrogens with one attached hydrogen (secondary N) is 1. The molecule has 3 aromatic heterocycles. The van der Waals surface area contributed by atoms with Gasteiger partial charge in [0.1, 0.15) is 12.1 Å². The Bertz CT molecular complexity index is 692. The van der Waals surface area contributed by atoms with Crippen LogP contribution in [0, 0.1) is 0 Å². The fourth-order valence-corrected chi connectivity index (χ4v) is 2.85. The highest BCUT2D eigenvalue weighted by atomic mass is 32.1. The van der Waals surface area contributed by atoms with Crippen LogP contribution in [0.4, 0.5) is 5.82 Å². The molecule has 0 fully saturated rings. The Labute approximate surface area is 115 Å². The lowest BCUT2D eigenvalue weighted by Crippen LogP contribution is -2.06. The zero-order chi connectivity index (χ0) is 13.1. The number of fused-ring (bicyclic) bond motifs is 1. The Morgan fingerprint density at radius 3 is 3.05 bits per heavy atom. The minimum absolute atomic E-state index is 0.689. The minimum Gasteiger partial charge on any atom is -0.363 e. The molecule has 0 atom stereocenters. The van der Waals surface area contributed by atoms with Gasteiger partial charge in [-0.15, -0.1) is 11.3 Å². The molecule has 0 bridgehead atoms. The lowest BCUT2D eigenvalue weighted by molar-refractivity contribution is 0.965. The second kappa shape index (κ2) is 5.32. The molecule has 1 N–H and O–H groups in total. The van der Waals surface area contributed by atoms with E-state index in [2.05, 4.69) is 33.3 Å². The molecule has 0 unspecified atom stereocenters. The van der Waals surface area contributed by atoms with Crippen molar-refractivity contribution in [3.05, 3.63) is 47.4 Å². The molecule has 5 heteroatoms. The van der Waals surface area contributed by atoms with Gasteiger partial charge in [0.25, 0.3) is 0 Å². The first kappa shape index (κ1) is 12.0. The van der Waals surface area contributed by atoms with Gasteiger partial charge < -0.3 is 5.32 Å². The van der Waals surface area contributed by atoms with Crippen LogP contribution in [-0.4, -0.2) is 15.0 Å². The molecule has 0 aliphatic carbocycles. The third-order valence-electron chi connectivity index (χ3n) is 3.03. The van der Waals surface area contributed by atoms with Crippen LogP contribution in [-0.2, 0) is 13.0 Å². The maximum absolute atomic E-state index is 4.43. The Hall–Kier alpha value is -2.01. The van der Waals surface area contributed by atoms with E-state index in [4.69, 9.17) is 0 Å². The van der Waals surface area contributed by atoms with Crippen molar-refractivity contribution in [2.75, 3.05) is 5.32 Å². The third kappa shape index (κ3) is 2.42. The van der Waals surface area contributed by atoms with Crippen molar-refractivity contribution < 1.29 is 0 Å². The second-order valence-corrected chi connectivity index (χ2v) is 5.09. The first-order valence-corrected chi connectivity index (χ1v) is 7.11. The molecule has 3 rings (SSSR count). The summed E-state index contributed by atoms with van der Waals surface area (Å²) in [6, 6.07) is 6.10. The summed E-state index contributed by atoms with van der Waals surface area (Å²) in [5.41, 5.74) is 3.33. The van der Waals surface area contributed by atoms with E-state index < -0.39 is 0 Å². The first-order chi connectivity index (χ1) is 9.38.